The van der Waals surface area contributed by atoms with Gasteiger partial charge in [0.2, 0.25) is 11.8 Å². The largest absolute Gasteiger partial charge is 0.351 e. The second-order valence-corrected chi connectivity index (χ2v) is 7.74. The Bertz CT molecular complexity index is 602. The minimum Gasteiger partial charge on any atom is -0.351 e. The lowest BCUT2D eigenvalue weighted by atomic mass is 9.81. The average Bonchev–Trinajstić information content (AvgIpc) is 2.93. The number of carbonyl (C=O) groups excluding carboxylic acids is 2. The molecule has 0 spiro atoms. The van der Waals surface area contributed by atoms with E-state index in [1.165, 1.54) is 6.07 Å². The van der Waals surface area contributed by atoms with E-state index in [1.54, 1.807) is 18.2 Å². The van der Waals surface area contributed by atoms with Gasteiger partial charge in [-0.05, 0) is 39.7 Å². The molecule has 0 radical (unpaired) electrons. The average molecular weight is 334 g/mol. The molecule has 1 aromatic carbocycles. The quantitative estimate of drug-likeness (QED) is 0.868. The van der Waals surface area contributed by atoms with Crippen molar-refractivity contribution < 1.29 is 14.0 Å². The fraction of sp³-hybridized carbons (Fsp3) is 0.579. The van der Waals surface area contributed by atoms with Crippen molar-refractivity contribution in [3.63, 3.8) is 0 Å². The van der Waals surface area contributed by atoms with E-state index in [4.69, 9.17) is 0 Å². The van der Waals surface area contributed by atoms with E-state index in [0.29, 0.717) is 18.4 Å². The van der Waals surface area contributed by atoms with Crippen molar-refractivity contribution in [1.29, 1.82) is 0 Å². The monoisotopic (exact) mass is 334 g/mol. The molecule has 2 rings (SSSR count). The number of hydrogen-bond donors (Lipinski definition) is 2. The van der Waals surface area contributed by atoms with E-state index < -0.39 is 5.41 Å². The summed E-state index contributed by atoms with van der Waals surface area (Å²) in [6.45, 7) is 5.91. The lowest BCUT2D eigenvalue weighted by molar-refractivity contribution is -0.137. The molecule has 132 valence electrons. The zero-order chi connectivity index (χ0) is 17.8. The Labute approximate surface area is 143 Å². The first kappa shape index (κ1) is 18.4. The third kappa shape index (κ3) is 4.79. The molecular weight excluding hydrogens is 307 g/mol. The molecule has 1 aliphatic rings. The van der Waals surface area contributed by atoms with Crippen LogP contribution in [0.25, 0.3) is 0 Å². The van der Waals surface area contributed by atoms with Gasteiger partial charge in [-0.1, -0.05) is 31.0 Å². The lowest BCUT2D eigenvalue weighted by Gasteiger charge is -2.29. The lowest BCUT2D eigenvalue weighted by Crippen LogP contribution is -2.46. The molecule has 0 saturated heterocycles. The Balaban J connectivity index is 2.02. The Morgan fingerprint density at radius 2 is 1.79 bits per heavy atom. The highest BCUT2D eigenvalue weighted by molar-refractivity contribution is 5.89. The maximum absolute atomic E-state index is 13.7. The third-order valence-corrected chi connectivity index (χ3v) is 4.45. The molecule has 5 heteroatoms. The zero-order valence-corrected chi connectivity index (χ0v) is 14.7. The second kappa shape index (κ2) is 7.32. The van der Waals surface area contributed by atoms with Crippen LogP contribution in [0.2, 0.25) is 0 Å². The standard InChI is InChI=1S/C19H27FN2O2/c1-18(2,3)22-16(23)12-19(10-6-7-11-19)17(24)21-13-14-8-4-5-9-15(14)20/h4-5,8-9H,6-7,10-13H2,1-3H3,(H,21,24)(H,22,23). The van der Waals surface area contributed by atoms with Crippen molar-refractivity contribution in [3.05, 3.63) is 35.6 Å². The number of hydrogen-bond acceptors (Lipinski definition) is 2. The Morgan fingerprint density at radius 3 is 2.38 bits per heavy atom. The van der Waals surface area contributed by atoms with E-state index in [2.05, 4.69) is 10.6 Å². The maximum Gasteiger partial charge on any atom is 0.227 e. The highest BCUT2D eigenvalue weighted by Crippen LogP contribution is 2.41. The van der Waals surface area contributed by atoms with Crippen molar-refractivity contribution in [2.24, 2.45) is 5.41 Å². The molecule has 1 aliphatic carbocycles. The molecule has 4 nitrogen and oxygen atoms in total. The summed E-state index contributed by atoms with van der Waals surface area (Å²) in [7, 11) is 0. The maximum atomic E-state index is 13.7. The van der Waals surface area contributed by atoms with Gasteiger partial charge < -0.3 is 10.6 Å². The highest BCUT2D eigenvalue weighted by Gasteiger charge is 2.43. The minimum atomic E-state index is -0.666. The van der Waals surface area contributed by atoms with Gasteiger partial charge in [0.25, 0.3) is 0 Å². The fourth-order valence-electron chi connectivity index (χ4n) is 3.31. The number of halogens is 1. The van der Waals surface area contributed by atoms with Gasteiger partial charge in [-0.2, -0.15) is 0 Å². The van der Waals surface area contributed by atoms with Gasteiger partial charge in [-0.25, -0.2) is 4.39 Å². The molecule has 1 saturated carbocycles. The van der Waals surface area contributed by atoms with Crippen LogP contribution in [0.15, 0.2) is 24.3 Å². The van der Waals surface area contributed by atoms with E-state index in [0.717, 1.165) is 12.8 Å². The van der Waals surface area contributed by atoms with Gasteiger partial charge in [-0.3, -0.25) is 9.59 Å². The summed E-state index contributed by atoms with van der Waals surface area (Å²) in [4.78, 5) is 25.0. The predicted molar refractivity (Wildman–Crippen MR) is 91.7 cm³/mol. The van der Waals surface area contributed by atoms with Crippen molar-refractivity contribution in [1.82, 2.24) is 10.6 Å². The molecule has 24 heavy (non-hydrogen) atoms. The van der Waals surface area contributed by atoms with Gasteiger partial charge in [0.1, 0.15) is 5.82 Å². The van der Waals surface area contributed by atoms with Crippen LogP contribution in [0.3, 0.4) is 0 Å². The van der Waals surface area contributed by atoms with Gasteiger partial charge in [0.05, 0.1) is 5.41 Å². The Morgan fingerprint density at radius 1 is 1.17 bits per heavy atom. The second-order valence-electron chi connectivity index (χ2n) is 7.74. The van der Waals surface area contributed by atoms with Crippen molar-refractivity contribution >= 4 is 11.8 Å². The first-order chi connectivity index (χ1) is 11.2. The number of carbonyl (C=O) groups is 2. The van der Waals surface area contributed by atoms with E-state index in [-0.39, 0.29) is 36.1 Å². The first-order valence-corrected chi connectivity index (χ1v) is 8.55. The predicted octanol–water partition coefficient (Wildman–Crippen LogP) is 3.31. The van der Waals surface area contributed by atoms with Crippen LogP contribution in [0.5, 0.6) is 0 Å². The molecule has 0 atom stereocenters. The van der Waals surface area contributed by atoms with Gasteiger partial charge in [0.15, 0.2) is 0 Å². The zero-order valence-electron chi connectivity index (χ0n) is 14.7. The molecule has 0 heterocycles. The van der Waals surface area contributed by atoms with E-state index in [9.17, 15) is 14.0 Å². The minimum absolute atomic E-state index is 0.106. The van der Waals surface area contributed by atoms with Crippen molar-refractivity contribution in [2.45, 2.75) is 65.0 Å². The van der Waals surface area contributed by atoms with Crippen LogP contribution in [-0.2, 0) is 16.1 Å². The third-order valence-electron chi connectivity index (χ3n) is 4.45. The molecule has 2 N–H and O–H groups in total. The van der Waals surface area contributed by atoms with E-state index in [1.807, 2.05) is 20.8 Å². The molecule has 1 aromatic rings. The number of rotatable bonds is 5. The van der Waals surface area contributed by atoms with Gasteiger partial charge in [0, 0.05) is 24.1 Å². The molecule has 0 unspecified atom stereocenters. The van der Waals surface area contributed by atoms with Crippen molar-refractivity contribution in [2.75, 3.05) is 0 Å². The van der Waals surface area contributed by atoms with Crippen LogP contribution >= 0.6 is 0 Å². The van der Waals surface area contributed by atoms with Crippen LogP contribution < -0.4 is 10.6 Å². The molecular formula is C19H27FN2O2. The number of amides is 2. The SMILES string of the molecule is CC(C)(C)NC(=O)CC1(C(=O)NCc2ccccc2F)CCCC1. The summed E-state index contributed by atoms with van der Waals surface area (Å²) in [6.07, 6.45) is 3.47. The van der Waals surface area contributed by atoms with Crippen molar-refractivity contribution in [3.8, 4) is 0 Å². The topological polar surface area (TPSA) is 58.2 Å². The smallest absolute Gasteiger partial charge is 0.227 e. The van der Waals surface area contributed by atoms with Crippen LogP contribution in [-0.4, -0.2) is 17.4 Å². The highest BCUT2D eigenvalue weighted by atomic mass is 19.1. The summed E-state index contributed by atoms with van der Waals surface area (Å²) in [5.74, 6) is -0.582. The normalized spacial score (nSPS) is 16.7. The number of nitrogens with one attached hydrogen (secondary N) is 2. The van der Waals surface area contributed by atoms with Crippen LogP contribution in [0.4, 0.5) is 4.39 Å². The van der Waals surface area contributed by atoms with E-state index >= 15 is 0 Å². The Hall–Kier alpha value is -1.91. The van der Waals surface area contributed by atoms with Gasteiger partial charge in [-0.15, -0.1) is 0 Å². The summed E-state index contributed by atoms with van der Waals surface area (Å²) in [6, 6.07) is 6.40. The Kier molecular flexibility index (Phi) is 5.62. The number of benzene rings is 1. The summed E-state index contributed by atoms with van der Waals surface area (Å²) in [5.41, 5.74) is -0.528. The fourth-order valence-corrected chi connectivity index (χ4v) is 3.31. The van der Waals surface area contributed by atoms with Crippen LogP contribution in [0.1, 0.15) is 58.4 Å². The molecule has 0 aromatic heterocycles. The molecule has 0 aliphatic heterocycles. The van der Waals surface area contributed by atoms with Crippen LogP contribution in [0, 0.1) is 11.2 Å². The van der Waals surface area contributed by atoms with Gasteiger partial charge >= 0.3 is 0 Å². The summed E-state index contributed by atoms with van der Waals surface area (Å²) < 4.78 is 13.7. The molecule has 1 fully saturated rings. The summed E-state index contributed by atoms with van der Waals surface area (Å²) >= 11 is 0. The molecule has 0 bridgehead atoms. The molecule has 2 amide bonds. The first-order valence-electron chi connectivity index (χ1n) is 8.55. The summed E-state index contributed by atoms with van der Waals surface area (Å²) in [5, 5.41) is 5.76.